The first kappa shape index (κ1) is 23.2. The molecule has 29 heavy (non-hydrogen) atoms. The van der Waals surface area contributed by atoms with Crippen molar-refractivity contribution in [1.29, 1.82) is 0 Å². The van der Waals surface area contributed by atoms with E-state index in [0.717, 1.165) is 11.8 Å². The molecule has 0 atom stereocenters. The highest BCUT2D eigenvalue weighted by atomic mass is 32.2. The smallest absolute Gasteiger partial charge is 0.257 e. The number of nitrogens with one attached hydrogen (secondary N) is 1. The maximum Gasteiger partial charge on any atom is 0.257 e. The van der Waals surface area contributed by atoms with Gasteiger partial charge in [0.1, 0.15) is 11.6 Å². The number of hydrogen-bond donors (Lipinski definition) is 1. The third-order valence-electron chi connectivity index (χ3n) is 4.05. The van der Waals surface area contributed by atoms with Crippen LogP contribution in [0.5, 0.6) is 5.75 Å². The Bertz CT molecular complexity index is 905. The molecule has 0 saturated heterocycles. The number of sulfonamides is 1. The molecular formula is C20H25FN2O4S2. The Morgan fingerprint density at radius 1 is 1.17 bits per heavy atom. The van der Waals surface area contributed by atoms with E-state index in [9.17, 15) is 17.6 Å². The van der Waals surface area contributed by atoms with Crippen molar-refractivity contribution in [3.05, 3.63) is 65.5 Å². The average molecular weight is 441 g/mol. The molecule has 0 radical (unpaired) electrons. The summed E-state index contributed by atoms with van der Waals surface area (Å²) in [7, 11) is -1.72. The molecule has 2 aromatic rings. The van der Waals surface area contributed by atoms with Crippen LogP contribution < -0.4 is 10.1 Å². The molecule has 1 amide bonds. The maximum absolute atomic E-state index is 13.5. The van der Waals surface area contributed by atoms with E-state index in [1.807, 2.05) is 0 Å². The first-order valence-corrected chi connectivity index (χ1v) is 12.0. The highest BCUT2D eigenvalue weighted by Crippen LogP contribution is 2.15. The number of halogens is 1. The number of carbonyl (C=O) groups excluding carboxylic acids is 1. The van der Waals surface area contributed by atoms with E-state index in [1.165, 1.54) is 17.4 Å². The Kier molecular flexibility index (Phi) is 8.94. The number of ether oxygens (including phenoxy) is 1. The first-order valence-electron chi connectivity index (χ1n) is 8.96. The van der Waals surface area contributed by atoms with Crippen LogP contribution in [0.4, 0.5) is 4.39 Å². The SMILES string of the molecule is CN(Cc1ccc(OCC(=O)NCCSCc2ccccc2F)cc1)S(C)(=O)=O. The Morgan fingerprint density at radius 2 is 1.86 bits per heavy atom. The minimum absolute atomic E-state index is 0.111. The largest absolute Gasteiger partial charge is 0.484 e. The minimum atomic E-state index is -3.23. The summed E-state index contributed by atoms with van der Waals surface area (Å²) in [6.07, 6.45) is 1.15. The molecule has 2 rings (SSSR count). The number of nitrogens with zero attached hydrogens (tertiary/aromatic N) is 1. The zero-order valence-corrected chi connectivity index (χ0v) is 18.1. The molecule has 0 aliphatic rings. The van der Waals surface area contributed by atoms with E-state index < -0.39 is 10.0 Å². The summed E-state index contributed by atoms with van der Waals surface area (Å²) in [6, 6.07) is 13.6. The fraction of sp³-hybridized carbons (Fsp3) is 0.350. The van der Waals surface area contributed by atoms with Crippen molar-refractivity contribution in [2.75, 3.05) is 32.2 Å². The Hall–Kier alpha value is -2.10. The van der Waals surface area contributed by atoms with Crippen LogP contribution in [-0.4, -0.2) is 50.8 Å². The van der Waals surface area contributed by atoms with E-state index in [-0.39, 0.29) is 24.9 Å². The summed E-state index contributed by atoms with van der Waals surface area (Å²) in [5.74, 6) is 1.30. The van der Waals surface area contributed by atoms with Crippen LogP contribution in [0.3, 0.4) is 0 Å². The molecule has 0 aliphatic heterocycles. The van der Waals surface area contributed by atoms with Crippen molar-refractivity contribution in [2.24, 2.45) is 0 Å². The second kappa shape index (κ2) is 11.2. The van der Waals surface area contributed by atoms with Gasteiger partial charge in [0.05, 0.1) is 6.26 Å². The lowest BCUT2D eigenvalue weighted by Crippen LogP contribution is -2.30. The normalized spacial score (nSPS) is 11.4. The summed E-state index contributed by atoms with van der Waals surface area (Å²) in [6.45, 7) is 0.628. The Labute approximate surface area is 175 Å². The second-order valence-corrected chi connectivity index (χ2v) is 9.64. The van der Waals surface area contributed by atoms with Gasteiger partial charge in [0.25, 0.3) is 5.91 Å². The van der Waals surface area contributed by atoms with Crippen molar-refractivity contribution >= 4 is 27.7 Å². The van der Waals surface area contributed by atoms with Gasteiger partial charge in [-0.2, -0.15) is 11.8 Å². The lowest BCUT2D eigenvalue weighted by Gasteiger charge is -2.14. The molecule has 1 N–H and O–H groups in total. The molecule has 0 saturated carbocycles. The van der Waals surface area contributed by atoms with E-state index in [4.69, 9.17) is 4.74 Å². The number of carbonyl (C=O) groups is 1. The maximum atomic E-state index is 13.5. The lowest BCUT2D eigenvalue weighted by molar-refractivity contribution is -0.122. The molecule has 0 bridgehead atoms. The quantitative estimate of drug-likeness (QED) is 0.544. The van der Waals surface area contributed by atoms with Crippen molar-refractivity contribution in [3.8, 4) is 5.75 Å². The molecule has 0 aliphatic carbocycles. The number of hydrogen-bond acceptors (Lipinski definition) is 5. The van der Waals surface area contributed by atoms with E-state index in [2.05, 4.69) is 5.32 Å². The van der Waals surface area contributed by atoms with Gasteiger partial charge in [0, 0.05) is 31.6 Å². The summed E-state index contributed by atoms with van der Waals surface area (Å²) in [5, 5.41) is 2.76. The monoisotopic (exact) mass is 440 g/mol. The molecule has 158 valence electrons. The van der Waals surface area contributed by atoms with Gasteiger partial charge < -0.3 is 10.1 Å². The number of rotatable bonds is 11. The minimum Gasteiger partial charge on any atom is -0.484 e. The molecule has 0 heterocycles. The second-order valence-electron chi connectivity index (χ2n) is 6.45. The fourth-order valence-electron chi connectivity index (χ4n) is 2.33. The number of thioether (sulfide) groups is 1. The van der Waals surface area contributed by atoms with Crippen LogP contribution in [0.15, 0.2) is 48.5 Å². The molecule has 6 nitrogen and oxygen atoms in total. The van der Waals surface area contributed by atoms with Crippen LogP contribution in [0.25, 0.3) is 0 Å². The van der Waals surface area contributed by atoms with Crippen LogP contribution >= 0.6 is 11.8 Å². The molecule has 0 fully saturated rings. The van der Waals surface area contributed by atoms with Gasteiger partial charge in [-0.05, 0) is 29.3 Å². The van der Waals surface area contributed by atoms with Crippen molar-refractivity contribution in [3.63, 3.8) is 0 Å². The summed E-state index contributed by atoms with van der Waals surface area (Å²) < 4.78 is 43.1. The van der Waals surface area contributed by atoms with Gasteiger partial charge in [-0.1, -0.05) is 30.3 Å². The first-order chi connectivity index (χ1) is 13.8. The highest BCUT2D eigenvalue weighted by molar-refractivity contribution is 7.98. The Balaban J connectivity index is 1.64. The number of benzene rings is 2. The van der Waals surface area contributed by atoms with Crippen molar-refractivity contribution < 1.29 is 22.3 Å². The lowest BCUT2D eigenvalue weighted by atomic mass is 10.2. The van der Waals surface area contributed by atoms with E-state index in [1.54, 1.807) is 54.2 Å². The molecule has 0 aromatic heterocycles. The molecule has 9 heteroatoms. The predicted octanol–water partition coefficient (Wildman–Crippen LogP) is 2.65. The third kappa shape index (κ3) is 8.43. The summed E-state index contributed by atoms with van der Waals surface area (Å²) in [4.78, 5) is 11.8. The van der Waals surface area contributed by atoms with Crippen LogP contribution in [0.1, 0.15) is 11.1 Å². The molecule has 2 aromatic carbocycles. The summed E-state index contributed by atoms with van der Waals surface area (Å²) >= 11 is 1.54. The highest BCUT2D eigenvalue weighted by Gasteiger charge is 2.11. The van der Waals surface area contributed by atoms with Crippen molar-refractivity contribution in [2.45, 2.75) is 12.3 Å². The predicted molar refractivity (Wildman–Crippen MR) is 114 cm³/mol. The van der Waals surface area contributed by atoms with Crippen LogP contribution in [0, 0.1) is 5.82 Å². The molecule has 0 unspecified atom stereocenters. The van der Waals surface area contributed by atoms with Gasteiger partial charge >= 0.3 is 0 Å². The Morgan fingerprint density at radius 3 is 2.52 bits per heavy atom. The average Bonchev–Trinajstić information content (AvgIpc) is 2.68. The van der Waals surface area contributed by atoms with Gasteiger partial charge in [-0.25, -0.2) is 17.1 Å². The third-order valence-corrected chi connectivity index (χ3v) is 6.32. The standard InChI is InChI=1S/C20H25FN2O4S2/c1-23(29(2,25)26)13-16-7-9-18(10-8-16)27-14-20(24)22-11-12-28-15-17-5-3-4-6-19(17)21/h3-10H,11-15H2,1-2H3,(H,22,24). The van der Waals surface area contributed by atoms with Gasteiger partial charge in [-0.3, -0.25) is 4.79 Å². The van der Waals surface area contributed by atoms with Gasteiger partial charge in [0.15, 0.2) is 6.61 Å². The number of amides is 1. The van der Waals surface area contributed by atoms with Crippen LogP contribution in [0.2, 0.25) is 0 Å². The van der Waals surface area contributed by atoms with E-state index in [0.29, 0.717) is 29.4 Å². The zero-order valence-electron chi connectivity index (χ0n) is 16.4. The topological polar surface area (TPSA) is 75.7 Å². The van der Waals surface area contributed by atoms with E-state index >= 15 is 0 Å². The van der Waals surface area contributed by atoms with Gasteiger partial charge in [-0.15, -0.1) is 0 Å². The molecular weight excluding hydrogens is 415 g/mol. The van der Waals surface area contributed by atoms with Gasteiger partial charge in [0.2, 0.25) is 10.0 Å². The fourth-order valence-corrected chi connectivity index (χ4v) is 3.55. The molecule has 0 spiro atoms. The zero-order chi connectivity index (χ0) is 21.3. The summed E-state index contributed by atoms with van der Waals surface area (Å²) in [5.41, 5.74) is 1.47. The van der Waals surface area contributed by atoms with Crippen molar-refractivity contribution in [1.82, 2.24) is 9.62 Å². The van der Waals surface area contributed by atoms with Crippen LogP contribution in [-0.2, 0) is 27.1 Å².